The summed E-state index contributed by atoms with van der Waals surface area (Å²) >= 11 is 2.18. The average Bonchev–Trinajstić information content (AvgIpc) is 2.49. The second kappa shape index (κ2) is 2.89. The first-order valence-electron chi connectivity index (χ1n) is 3.35. The highest BCUT2D eigenvalue weighted by Gasteiger charge is 2.04. The SMILES string of the molecule is COc1nc2[nH]ncc2cc1I. The van der Waals surface area contributed by atoms with Crippen molar-refractivity contribution in [3.8, 4) is 5.88 Å². The minimum atomic E-state index is 0.632. The quantitative estimate of drug-likeness (QED) is 0.804. The monoisotopic (exact) mass is 275 g/mol. The van der Waals surface area contributed by atoms with Gasteiger partial charge in [-0.3, -0.25) is 5.10 Å². The molecule has 0 unspecified atom stereocenters. The van der Waals surface area contributed by atoms with Crippen molar-refractivity contribution in [3.05, 3.63) is 15.8 Å². The van der Waals surface area contributed by atoms with Gasteiger partial charge in [0.1, 0.15) is 0 Å². The number of H-pyrrole nitrogens is 1. The summed E-state index contributed by atoms with van der Waals surface area (Å²) in [4.78, 5) is 4.21. The molecule has 0 saturated carbocycles. The van der Waals surface area contributed by atoms with E-state index in [1.165, 1.54) is 0 Å². The molecule has 2 aromatic heterocycles. The van der Waals surface area contributed by atoms with Gasteiger partial charge in [-0.1, -0.05) is 0 Å². The van der Waals surface area contributed by atoms with Crippen LogP contribution < -0.4 is 4.74 Å². The Balaban J connectivity index is 2.73. The number of rotatable bonds is 1. The zero-order valence-electron chi connectivity index (χ0n) is 6.34. The molecule has 0 radical (unpaired) electrons. The molecule has 62 valence electrons. The van der Waals surface area contributed by atoms with Crippen LogP contribution in [0.5, 0.6) is 5.88 Å². The molecular formula is C7H6IN3O. The highest BCUT2D eigenvalue weighted by Crippen LogP contribution is 2.21. The predicted octanol–water partition coefficient (Wildman–Crippen LogP) is 1.57. The number of ether oxygens (including phenoxy) is 1. The fourth-order valence-electron chi connectivity index (χ4n) is 0.980. The number of halogens is 1. The molecule has 1 N–H and O–H groups in total. The largest absolute Gasteiger partial charge is 0.480 e. The second-order valence-electron chi connectivity index (χ2n) is 2.29. The van der Waals surface area contributed by atoms with Gasteiger partial charge in [-0.05, 0) is 28.7 Å². The van der Waals surface area contributed by atoms with E-state index in [1.807, 2.05) is 6.07 Å². The van der Waals surface area contributed by atoms with Crippen molar-refractivity contribution in [1.29, 1.82) is 0 Å². The molecule has 0 aliphatic carbocycles. The Bertz CT molecular complexity index is 412. The van der Waals surface area contributed by atoms with E-state index >= 15 is 0 Å². The van der Waals surface area contributed by atoms with Crippen LogP contribution in [0.4, 0.5) is 0 Å². The molecule has 0 aliphatic rings. The van der Waals surface area contributed by atoms with Crippen molar-refractivity contribution in [2.45, 2.75) is 0 Å². The summed E-state index contributed by atoms with van der Waals surface area (Å²) in [6.45, 7) is 0. The van der Waals surface area contributed by atoms with Gasteiger partial charge in [0.2, 0.25) is 5.88 Å². The Labute approximate surface area is 82.5 Å². The molecular weight excluding hydrogens is 269 g/mol. The highest BCUT2D eigenvalue weighted by atomic mass is 127. The van der Waals surface area contributed by atoms with Crippen LogP contribution in [0.1, 0.15) is 0 Å². The van der Waals surface area contributed by atoms with Crippen molar-refractivity contribution in [1.82, 2.24) is 15.2 Å². The number of nitrogens with one attached hydrogen (secondary N) is 1. The molecule has 2 rings (SSSR count). The number of methoxy groups -OCH3 is 1. The summed E-state index contributed by atoms with van der Waals surface area (Å²) < 4.78 is 6.05. The number of nitrogens with zero attached hydrogens (tertiary/aromatic N) is 2. The summed E-state index contributed by atoms with van der Waals surface area (Å²) in [6.07, 6.45) is 1.74. The first kappa shape index (κ1) is 7.78. The maximum atomic E-state index is 5.06. The standard InChI is InChI=1S/C7H6IN3O/c1-12-7-5(8)2-4-3-9-11-6(4)10-7/h2-3H,1H3,(H,9,10,11). The first-order valence-corrected chi connectivity index (χ1v) is 4.43. The van der Waals surface area contributed by atoms with E-state index in [9.17, 15) is 0 Å². The lowest BCUT2D eigenvalue weighted by Gasteiger charge is -2.00. The van der Waals surface area contributed by atoms with Crippen molar-refractivity contribution in [2.24, 2.45) is 0 Å². The maximum Gasteiger partial charge on any atom is 0.228 e. The van der Waals surface area contributed by atoms with Crippen molar-refractivity contribution < 1.29 is 4.74 Å². The summed E-state index contributed by atoms with van der Waals surface area (Å²) in [5.41, 5.74) is 0.757. The molecule has 2 heterocycles. The first-order chi connectivity index (χ1) is 5.81. The lowest BCUT2D eigenvalue weighted by atomic mass is 10.3. The fraction of sp³-hybridized carbons (Fsp3) is 0.143. The molecule has 5 heteroatoms. The number of aromatic nitrogens is 3. The van der Waals surface area contributed by atoms with Crippen LogP contribution in [-0.2, 0) is 0 Å². The van der Waals surface area contributed by atoms with E-state index in [1.54, 1.807) is 13.3 Å². The maximum absolute atomic E-state index is 5.06. The number of fused-ring (bicyclic) bond motifs is 1. The summed E-state index contributed by atoms with van der Waals surface area (Å²) in [5.74, 6) is 0.632. The van der Waals surface area contributed by atoms with Crippen LogP contribution in [0.25, 0.3) is 11.0 Å². The Hall–Kier alpha value is -0.850. The third-order valence-corrected chi connectivity index (χ3v) is 2.31. The molecule has 0 aliphatic heterocycles. The zero-order chi connectivity index (χ0) is 8.55. The molecule has 0 fully saturated rings. The lowest BCUT2D eigenvalue weighted by molar-refractivity contribution is 0.396. The van der Waals surface area contributed by atoms with Gasteiger partial charge in [-0.15, -0.1) is 0 Å². The van der Waals surface area contributed by atoms with E-state index in [0.717, 1.165) is 14.6 Å². The van der Waals surface area contributed by atoms with Gasteiger partial charge in [-0.25, -0.2) is 0 Å². The van der Waals surface area contributed by atoms with Crippen molar-refractivity contribution in [2.75, 3.05) is 7.11 Å². The summed E-state index contributed by atoms with van der Waals surface area (Å²) in [7, 11) is 1.60. The van der Waals surface area contributed by atoms with Gasteiger partial charge in [0.25, 0.3) is 0 Å². The third-order valence-electron chi connectivity index (χ3n) is 1.54. The molecule has 4 nitrogen and oxygen atoms in total. The normalized spacial score (nSPS) is 10.5. The molecule has 0 saturated heterocycles. The van der Waals surface area contributed by atoms with Crippen molar-refractivity contribution in [3.63, 3.8) is 0 Å². The van der Waals surface area contributed by atoms with Crippen LogP contribution in [0.15, 0.2) is 12.3 Å². The van der Waals surface area contributed by atoms with Crippen LogP contribution in [0.3, 0.4) is 0 Å². The van der Waals surface area contributed by atoms with Gasteiger partial charge in [0.15, 0.2) is 5.65 Å². The van der Waals surface area contributed by atoms with Crippen LogP contribution in [0.2, 0.25) is 0 Å². The summed E-state index contributed by atoms with van der Waals surface area (Å²) in [6, 6.07) is 1.98. The molecule has 0 amide bonds. The van der Waals surface area contributed by atoms with E-state index < -0.39 is 0 Å². The molecule has 0 aromatic carbocycles. The Morgan fingerprint density at radius 3 is 3.17 bits per heavy atom. The van der Waals surface area contributed by atoms with Gasteiger partial charge < -0.3 is 4.74 Å². The van der Waals surface area contributed by atoms with E-state index in [-0.39, 0.29) is 0 Å². The Morgan fingerprint density at radius 1 is 1.58 bits per heavy atom. The van der Waals surface area contributed by atoms with E-state index in [0.29, 0.717) is 5.88 Å². The Morgan fingerprint density at radius 2 is 2.42 bits per heavy atom. The van der Waals surface area contributed by atoms with Crippen molar-refractivity contribution >= 4 is 33.6 Å². The van der Waals surface area contributed by atoms with Crippen LogP contribution >= 0.6 is 22.6 Å². The van der Waals surface area contributed by atoms with Crippen LogP contribution in [0, 0.1) is 3.57 Å². The van der Waals surface area contributed by atoms with Gasteiger partial charge in [0, 0.05) is 5.39 Å². The summed E-state index contributed by atoms with van der Waals surface area (Å²) in [5, 5.41) is 7.65. The molecule has 12 heavy (non-hydrogen) atoms. The number of hydrogen-bond donors (Lipinski definition) is 1. The average molecular weight is 275 g/mol. The van der Waals surface area contributed by atoms with E-state index in [2.05, 4.69) is 37.8 Å². The molecule has 2 aromatic rings. The fourth-order valence-corrected chi connectivity index (χ4v) is 1.66. The smallest absolute Gasteiger partial charge is 0.228 e. The molecule has 0 atom stereocenters. The minimum absolute atomic E-state index is 0.632. The number of pyridine rings is 1. The Kier molecular flexibility index (Phi) is 1.87. The molecule has 0 spiro atoms. The highest BCUT2D eigenvalue weighted by molar-refractivity contribution is 14.1. The lowest BCUT2D eigenvalue weighted by Crippen LogP contribution is -1.90. The number of aromatic amines is 1. The van der Waals surface area contributed by atoms with Gasteiger partial charge in [-0.2, -0.15) is 10.1 Å². The third kappa shape index (κ3) is 1.13. The number of hydrogen-bond acceptors (Lipinski definition) is 3. The topological polar surface area (TPSA) is 50.8 Å². The van der Waals surface area contributed by atoms with Crippen LogP contribution in [-0.4, -0.2) is 22.3 Å². The van der Waals surface area contributed by atoms with Gasteiger partial charge >= 0.3 is 0 Å². The molecule has 0 bridgehead atoms. The minimum Gasteiger partial charge on any atom is -0.480 e. The van der Waals surface area contributed by atoms with E-state index in [4.69, 9.17) is 4.74 Å². The predicted molar refractivity (Wildman–Crippen MR) is 53.2 cm³/mol. The second-order valence-corrected chi connectivity index (χ2v) is 3.45. The van der Waals surface area contributed by atoms with Gasteiger partial charge in [0.05, 0.1) is 16.9 Å². The zero-order valence-corrected chi connectivity index (χ0v) is 8.49.